The summed E-state index contributed by atoms with van der Waals surface area (Å²) in [6.45, 7) is 9.37. The van der Waals surface area contributed by atoms with E-state index >= 15 is 0 Å². The predicted octanol–water partition coefficient (Wildman–Crippen LogP) is 2.24. The van der Waals surface area contributed by atoms with E-state index in [1.165, 1.54) is 0 Å². The molecule has 0 unspecified atom stereocenters. The van der Waals surface area contributed by atoms with Gasteiger partial charge < -0.3 is 10.1 Å². The van der Waals surface area contributed by atoms with Gasteiger partial charge in [-0.1, -0.05) is 13.8 Å². The molecule has 6 heteroatoms. The maximum Gasteiger partial charge on any atom is 0.156 e. The number of anilines is 1. The molecule has 0 aliphatic carbocycles. The summed E-state index contributed by atoms with van der Waals surface area (Å²) in [6, 6.07) is 4.88. The first kappa shape index (κ1) is 15.7. The monoisotopic (exact) mass is 327 g/mol. The molecule has 2 aromatic rings. The van der Waals surface area contributed by atoms with Gasteiger partial charge in [0.15, 0.2) is 5.82 Å². The van der Waals surface area contributed by atoms with Crippen LogP contribution in [0, 0.1) is 12.8 Å². The highest BCUT2D eigenvalue weighted by Crippen LogP contribution is 2.28. The molecule has 2 saturated heterocycles. The first-order chi connectivity index (χ1) is 11.6. The Hall–Kier alpha value is -1.79. The van der Waals surface area contributed by atoms with Crippen molar-refractivity contribution in [3.8, 4) is 0 Å². The molecule has 4 heterocycles. The molecule has 128 valence electrons. The second-order valence-electron chi connectivity index (χ2n) is 7.34. The first-order valence-electron chi connectivity index (χ1n) is 8.80. The molecule has 2 aliphatic heterocycles. The van der Waals surface area contributed by atoms with Crippen LogP contribution in [0.4, 0.5) is 5.82 Å². The molecule has 1 N–H and O–H groups in total. The molecule has 0 aromatic carbocycles. The molecule has 2 aromatic heterocycles. The molecule has 0 bridgehead atoms. The lowest BCUT2D eigenvalue weighted by Crippen LogP contribution is -2.48. The lowest BCUT2D eigenvalue weighted by atomic mass is 10.0. The van der Waals surface area contributed by atoms with Crippen LogP contribution in [0.1, 0.15) is 26.0 Å². The summed E-state index contributed by atoms with van der Waals surface area (Å²) in [4.78, 5) is 15.9. The zero-order valence-corrected chi connectivity index (χ0v) is 14.6. The quantitative estimate of drug-likeness (QED) is 0.933. The van der Waals surface area contributed by atoms with Crippen molar-refractivity contribution in [2.45, 2.75) is 45.4 Å². The maximum atomic E-state index is 6.03. The molecule has 24 heavy (non-hydrogen) atoms. The Morgan fingerprint density at radius 3 is 2.96 bits per heavy atom. The fourth-order valence-electron chi connectivity index (χ4n) is 3.74. The number of pyridine rings is 1. The Morgan fingerprint density at radius 2 is 2.12 bits per heavy atom. The summed E-state index contributed by atoms with van der Waals surface area (Å²) in [5.74, 6) is 1.41. The van der Waals surface area contributed by atoms with Crippen molar-refractivity contribution in [1.29, 1.82) is 0 Å². The maximum absolute atomic E-state index is 6.03. The van der Waals surface area contributed by atoms with Crippen molar-refractivity contribution < 1.29 is 4.74 Å². The number of nitrogens with one attached hydrogen (secondary N) is 1. The van der Waals surface area contributed by atoms with Crippen LogP contribution < -0.4 is 5.32 Å². The van der Waals surface area contributed by atoms with Gasteiger partial charge in [-0.25, -0.2) is 15.0 Å². The van der Waals surface area contributed by atoms with E-state index in [9.17, 15) is 0 Å². The average Bonchev–Trinajstić information content (AvgIpc) is 2.96. The molecule has 2 fully saturated rings. The van der Waals surface area contributed by atoms with E-state index in [0.717, 1.165) is 48.7 Å². The normalized spacial score (nSPS) is 27.6. The zero-order valence-electron chi connectivity index (χ0n) is 14.6. The van der Waals surface area contributed by atoms with Crippen molar-refractivity contribution in [1.82, 2.24) is 19.9 Å². The third kappa shape index (κ3) is 2.96. The lowest BCUT2D eigenvalue weighted by Gasteiger charge is -2.36. The summed E-state index contributed by atoms with van der Waals surface area (Å²) in [5.41, 5.74) is 2.73. The van der Waals surface area contributed by atoms with Gasteiger partial charge in [0.2, 0.25) is 0 Å². The number of hydrogen-bond donors (Lipinski definition) is 1. The third-order valence-electron chi connectivity index (χ3n) is 5.15. The van der Waals surface area contributed by atoms with E-state index in [0.29, 0.717) is 24.1 Å². The van der Waals surface area contributed by atoms with Crippen molar-refractivity contribution in [3.05, 3.63) is 24.2 Å². The SMILES string of the molecule is Cc1ccc2ncnc(N[C@H]3C[C@H]4CO[C@H](C(C)C)CN4C3)c2n1. The summed E-state index contributed by atoms with van der Waals surface area (Å²) >= 11 is 0. The Kier molecular flexibility index (Phi) is 4.10. The summed E-state index contributed by atoms with van der Waals surface area (Å²) in [7, 11) is 0. The van der Waals surface area contributed by atoms with Crippen LogP contribution in [-0.4, -0.2) is 57.7 Å². The minimum absolute atomic E-state index is 0.351. The highest BCUT2D eigenvalue weighted by atomic mass is 16.5. The van der Waals surface area contributed by atoms with Gasteiger partial charge >= 0.3 is 0 Å². The number of nitrogens with zero attached hydrogens (tertiary/aromatic N) is 4. The molecule has 2 aliphatic rings. The van der Waals surface area contributed by atoms with Crippen molar-refractivity contribution in [2.75, 3.05) is 25.0 Å². The average molecular weight is 327 g/mol. The van der Waals surface area contributed by atoms with Crippen molar-refractivity contribution in [3.63, 3.8) is 0 Å². The molecule has 0 amide bonds. The van der Waals surface area contributed by atoms with Crippen LogP contribution in [0.2, 0.25) is 0 Å². The second kappa shape index (κ2) is 6.26. The Balaban J connectivity index is 1.50. The van der Waals surface area contributed by atoms with Gasteiger partial charge in [-0.05, 0) is 31.4 Å². The summed E-state index contributed by atoms with van der Waals surface area (Å²) in [5, 5.41) is 3.60. The van der Waals surface area contributed by atoms with E-state index in [4.69, 9.17) is 4.74 Å². The van der Waals surface area contributed by atoms with Crippen LogP contribution in [0.15, 0.2) is 18.5 Å². The molecular formula is C18H25N5O. The van der Waals surface area contributed by atoms with Crippen molar-refractivity contribution >= 4 is 16.9 Å². The number of ether oxygens (including phenoxy) is 1. The highest BCUT2D eigenvalue weighted by Gasteiger charge is 2.38. The second-order valence-corrected chi connectivity index (χ2v) is 7.34. The smallest absolute Gasteiger partial charge is 0.156 e. The predicted molar refractivity (Wildman–Crippen MR) is 94.0 cm³/mol. The van der Waals surface area contributed by atoms with Gasteiger partial charge in [0.25, 0.3) is 0 Å². The fourth-order valence-corrected chi connectivity index (χ4v) is 3.74. The van der Waals surface area contributed by atoms with Crippen LogP contribution in [0.5, 0.6) is 0 Å². The molecular weight excluding hydrogens is 302 g/mol. The van der Waals surface area contributed by atoms with Crippen molar-refractivity contribution in [2.24, 2.45) is 5.92 Å². The molecule has 0 spiro atoms. The van der Waals surface area contributed by atoms with Crippen LogP contribution in [0.25, 0.3) is 11.0 Å². The number of morpholine rings is 1. The Labute approximate surface area is 142 Å². The van der Waals surface area contributed by atoms with Gasteiger partial charge in [0.05, 0.1) is 18.2 Å². The van der Waals surface area contributed by atoms with Gasteiger partial charge in [-0.3, -0.25) is 4.90 Å². The van der Waals surface area contributed by atoms with Gasteiger partial charge in [0.1, 0.15) is 11.8 Å². The molecule has 0 radical (unpaired) electrons. The van der Waals surface area contributed by atoms with E-state index < -0.39 is 0 Å². The fraction of sp³-hybridized carbons (Fsp3) is 0.611. The van der Waals surface area contributed by atoms with Gasteiger partial charge in [-0.2, -0.15) is 0 Å². The van der Waals surface area contributed by atoms with E-state index in [-0.39, 0.29) is 0 Å². The van der Waals surface area contributed by atoms with E-state index in [2.05, 4.69) is 39.0 Å². The third-order valence-corrected chi connectivity index (χ3v) is 5.15. The van der Waals surface area contributed by atoms with Crippen LogP contribution in [0.3, 0.4) is 0 Å². The van der Waals surface area contributed by atoms with Gasteiger partial charge in [-0.15, -0.1) is 0 Å². The minimum atomic E-state index is 0.351. The number of aromatic nitrogens is 3. The van der Waals surface area contributed by atoms with E-state index in [1.54, 1.807) is 6.33 Å². The Bertz CT molecular complexity index is 734. The zero-order chi connectivity index (χ0) is 16.7. The standard InChI is InChI=1S/C18H25N5O/c1-11(2)16-8-23-7-13(6-14(23)9-24-16)22-18-17-15(19-10-20-18)5-4-12(3)21-17/h4-5,10-11,13-14,16H,6-9H2,1-3H3,(H,19,20,22)/t13-,14-,16-/m0/s1. The van der Waals surface area contributed by atoms with Crippen LogP contribution in [-0.2, 0) is 4.74 Å². The first-order valence-corrected chi connectivity index (χ1v) is 8.80. The minimum Gasteiger partial charge on any atom is -0.375 e. The number of rotatable bonds is 3. The van der Waals surface area contributed by atoms with Gasteiger partial charge in [0, 0.05) is 30.9 Å². The number of hydrogen-bond acceptors (Lipinski definition) is 6. The van der Waals surface area contributed by atoms with Crippen LogP contribution >= 0.6 is 0 Å². The number of fused-ring (bicyclic) bond motifs is 2. The lowest BCUT2D eigenvalue weighted by molar-refractivity contribution is -0.0683. The summed E-state index contributed by atoms with van der Waals surface area (Å²) in [6.07, 6.45) is 3.05. The largest absolute Gasteiger partial charge is 0.375 e. The topological polar surface area (TPSA) is 63.2 Å². The Morgan fingerprint density at radius 1 is 1.25 bits per heavy atom. The molecule has 0 saturated carbocycles. The number of aryl methyl sites for hydroxylation is 1. The molecule has 4 rings (SSSR count). The molecule has 6 nitrogen and oxygen atoms in total. The highest BCUT2D eigenvalue weighted by molar-refractivity contribution is 5.84. The molecule has 3 atom stereocenters. The van der Waals surface area contributed by atoms with E-state index in [1.807, 2.05) is 19.1 Å². The summed E-state index contributed by atoms with van der Waals surface area (Å²) < 4.78 is 6.03.